The molecule has 22 heavy (non-hydrogen) atoms. The van der Waals surface area contributed by atoms with Crippen molar-refractivity contribution in [2.45, 2.75) is 46.1 Å². The largest absolute Gasteiger partial charge is 0.477 e. The average Bonchev–Trinajstić information content (AvgIpc) is 2.81. The lowest BCUT2D eigenvalue weighted by Gasteiger charge is -2.25. The zero-order valence-electron chi connectivity index (χ0n) is 13.9. The van der Waals surface area contributed by atoms with Gasteiger partial charge < -0.3 is 9.67 Å². The van der Waals surface area contributed by atoms with Gasteiger partial charge in [0.15, 0.2) is 0 Å². The molecule has 7 heteroatoms. The minimum atomic E-state index is -3.69. The highest BCUT2D eigenvalue weighted by atomic mass is 32.2. The summed E-state index contributed by atoms with van der Waals surface area (Å²) in [6, 6.07) is 1.24. The summed E-state index contributed by atoms with van der Waals surface area (Å²) in [5.74, 6) is -0.732. The second kappa shape index (κ2) is 7.28. The van der Waals surface area contributed by atoms with Gasteiger partial charge in [-0.05, 0) is 24.8 Å². The molecule has 0 bridgehead atoms. The van der Waals surface area contributed by atoms with Crippen molar-refractivity contribution in [1.82, 2.24) is 8.87 Å². The number of nitrogens with zero attached hydrogens (tertiary/aromatic N) is 2. The van der Waals surface area contributed by atoms with Crippen molar-refractivity contribution in [3.05, 3.63) is 18.0 Å². The zero-order chi connectivity index (χ0) is 17.1. The number of rotatable bonds is 8. The Morgan fingerprint density at radius 1 is 1.23 bits per heavy atom. The maximum absolute atomic E-state index is 12.8. The van der Waals surface area contributed by atoms with Crippen LogP contribution in [0.3, 0.4) is 0 Å². The van der Waals surface area contributed by atoms with E-state index in [1.54, 1.807) is 6.92 Å². The Kier molecular flexibility index (Phi) is 6.19. The van der Waals surface area contributed by atoms with Crippen molar-refractivity contribution in [3.63, 3.8) is 0 Å². The lowest BCUT2D eigenvalue weighted by molar-refractivity contribution is 0.0685. The van der Waals surface area contributed by atoms with Gasteiger partial charge in [0, 0.05) is 25.8 Å². The Bertz CT molecular complexity index is 607. The molecule has 126 valence electrons. The molecule has 0 amide bonds. The van der Waals surface area contributed by atoms with E-state index >= 15 is 0 Å². The first-order valence-corrected chi connectivity index (χ1v) is 8.97. The van der Waals surface area contributed by atoms with E-state index in [9.17, 15) is 18.3 Å². The molecule has 1 N–H and O–H groups in total. The average molecular weight is 330 g/mol. The van der Waals surface area contributed by atoms with Gasteiger partial charge in [-0.1, -0.05) is 27.7 Å². The van der Waals surface area contributed by atoms with E-state index in [0.717, 1.165) is 0 Å². The van der Waals surface area contributed by atoms with Crippen LogP contribution in [0.25, 0.3) is 0 Å². The molecule has 0 saturated heterocycles. The van der Waals surface area contributed by atoms with Crippen LogP contribution >= 0.6 is 0 Å². The summed E-state index contributed by atoms with van der Waals surface area (Å²) in [4.78, 5) is 11.3. The lowest BCUT2D eigenvalue weighted by atomic mass is 10.2. The molecule has 0 saturated carbocycles. The van der Waals surface area contributed by atoms with Crippen LogP contribution < -0.4 is 0 Å². The monoisotopic (exact) mass is 330 g/mol. The van der Waals surface area contributed by atoms with Crippen LogP contribution in [0, 0.1) is 11.8 Å². The van der Waals surface area contributed by atoms with Crippen molar-refractivity contribution in [2.75, 3.05) is 13.1 Å². The quantitative estimate of drug-likeness (QED) is 0.794. The summed E-state index contributed by atoms with van der Waals surface area (Å²) in [6.07, 6.45) is 1.41. The van der Waals surface area contributed by atoms with E-state index in [1.165, 1.54) is 21.1 Å². The fraction of sp³-hybridized carbons (Fsp3) is 0.667. The van der Waals surface area contributed by atoms with Gasteiger partial charge in [0.25, 0.3) is 0 Å². The number of carbonyl (C=O) groups is 1. The van der Waals surface area contributed by atoms with E-state index in [2.05, 4.69) is 0 Å². The predicted molar refractivity (Wildman–Crippen MR) is 85.5 cm³/mol. The molecule has 1 aromatic heterocycles. The lowest BCUT2D eigenvalue weighted by Crippen LogP contribution is -2.36. The highest BCUT2D eigenvalue weighted by Crippen LogP contribution is 2.21. The number of aryl methyl sites for hydroxylation is 1. The highest BCUT2D eigenvalue weighted by molar-refractivity contribution is 7.89. The van der Waals surface area contributed by atoms with Crippen LogP contribution in [0.4, 0.5) is 0 Å². The second-order valence-electron chi connectivity index (χ2n) is 6.26. The number of hydrogen-bond acceptors (Lipinski definition) is 3. The summed E-state index contributed by atoms with van der Waals surface area (Å²) >= 11 is 0. The molecular formula is C15H26N2O4S. The summed E-state index contributed by atoms with van der Waals surface area (Å²) in [7, 11) is -3.69. The van der Waals surface area contributed by atoms with Crippen molar-refractivity contribution in [2.24, 2.45) is 11.8 Å². The third kappa shape index (κ3) is 4.33. The minimum Gasteiger partial charge on any atom is -0.477 e. The standard InChI is InChI=1S/C15H26N2O4S/c1-6-16-10-13(7-14(16)15(18)19)22(20,21)17(8-11(2)3)9-12(4)5/h7,10-12H,6,8-9H2,1-5H3,(H,18,19). The number of sulfonamides is 1. The summed E-state index contributed by atoms with van der Waals surface area (Å²) < 4.78 is 28.5. The molecule has 0 aliphatic heterocycles. The second-order valence-corrected chi connectivity index (χ2v) is 8.20. The van der Waals surface area contributed by atoms with Crippen molar-refractivity contribution < 1.29 is 18.3 Å². The van der Waals surface area contributed by atoms with Crippen molar-refractivity contribution >= 4 is 16.0 Å². The molecule has 0 radical (unpaired) electrons. The number of carboxylic acids is 1. The molecular weight excluding hydrogens is 304 g/mol. The van der Waals surface area contributed by atoms with E-state index in [-0.39, 0.29) is 22.4 Å². The highest BCUT2D eigenvalue weighted by Gasteiger charge is 2.28. The van der Waals surface area contributed by atoms with Crippen molar-refractivity contribution in [3.8, 4) is 0 Å². The van der Waals surface area contributed by atoms with Crippen LogP contribution in [0.15, 0.2) is 17.2 Å². The predicted octanol–water partition coefficient (Wildman–Crippen LogP) is 2.51. The summed E-state index contributed by atoms with van der Waals surface area (Å²) in [5, 5.41) is 9.18. The Hall–Kier alpha value is -1.34. The van der Waals surface area contributed by atoms with Gasteiger partial charge in [-0.15, -0.1) is 0 Å². The van der Waals surface area contributed by atoms with Gasteiger partial charge in [0.2, 0.25) is 10.0 Å². The van der Waals surface area contributed by atoms with Crippen LogP contribution in [0.1, 0.15) is 45.1 Å². The minimum absolute atomic E-state index is 0.00452. The molecule has 0 aromatic carbocycles. The zero-order valence-corrected chi connectivity index (χ0v) is 14.7. The van der Waals surface area contributed by atoms with E-state index in [0.29, 0.717) is 19.6 Å². The third-order valence-corrected chi connectivity index (χ3v) is 5.00. The normalized spacial score (nSPS) is 12.5. The summed E-state index contributed by atoms with van der Waals surface area (Å²) in [5.41, 5.74) is -0.00452. The maximum Gasteiger partial charge on any atom is 0.352 e. The first kappa shape index (κ1) is 18.7. The SMILES string of the molecule is CCn1cc(S(=O)(=O)N(CC(C)C)CC(C)C)cc1C(=O)O. The Morgan fingerprint density at radius 3 is 2.05 bits per heavy atom. The number of carboxylic acid groups (broad SMARTS) is 1. The molecule has 1 aromatic rings. The smallest absolute Gasteiger partial charge is 0.352 e. The molecule has 1 rings (SSSR count). The number of hydrogen-bond donors (Lipinski definition) is 1. The molecule has 0 aliphatic carbocycles. The third-order valence-electron chi connectivity index (χ3n) is 3.21. The topological polar surface area (TPSA) is 79.6 Å². The van der Waals surface area contributed by atoms with Crippen LogP contribution in [0.2, 0.25) is 0 Å². The Morgan fingerprint density at radius 2 is 1.73 bits per heavy atom. The van der Waals surface area contributed by atoms with E-state index < -0.39 is 16.0 Å². The number of aromatic carboxylic acids is 1. The van der Waals surface area contributed by atoms with Gasteiger partial charge >= 0.3 is 5.97 Å². The van der Waals surface area contributed by atoms with Gasteiger partial charge in [-0.3, -0.25) is 0 Å². The first-order valence-electron chi connectivity index (χ1n) is 7.53. The van der Waals surface area contributed by atoms with Gasteiger partial charge in [0.1, 0.15) is 10.6 Å². The van der Waals surface area contributed by atoms with Gasteiger partial charge in [-0.25, -0.2) is 13.2 Å². The van der Waals surface area contributed by atoms with Gasteiger partial charge in [-0.2, -0.15) is 4.31 Å². The molecule has 0 fully saturated rings. The summed E-state index contributed by atoms with van der Waals surface area (Å²) in [6.45, 7) is 10.9. The molecule has 0 aliphatic rings. The van der Waals surface area contributed by atoms with Crippen molar-refractivity contribution in [1.29, 1.82) is 0 Å². The Labute approximate surface area is 132 Å². The first-order chi connectivity index (χ1) is 10.1. The Balaban J connectivity index is 3.27. The molecule has 1 heterocycles. The molecule has 0 atom stereocenters. The van der Waals surface area contributed by atoms with Crippen LogP contribution in [-0.2, 0) is 16.6 Å². The van der Waals surface area contributed by atoms with Crippen LogP contribution in [0.5, 0.6) is 0 Å². The van der Waals surface area contributed by atoms with Gasteiger partial charge in [0.05, 0.1) is 0 Å². The molecule has 0 unspecified atom stereocenters. The number of aromatic nitrogens is 1. The molecule has 0 spiro atoms. The van der Waals surface area contributed by atoms with Crippen LogP contribution in [-0.4, -0.2) is 41.5 Å². The fourth-order valence-electron chi connectivity index (χ4n) is 2.30. The van der Waals surface area contributed by atoms with E-state index in [1.807, 2.05) is 27.7 Å². The maximum atomic E-state index is 12.8. The van der Waals surface area contributed by atoms with E-state index in [4.69, 9.17) is 0 Å². The molecule has 6 nitrogen and oxygen atoms in total. The fourth-order valence-corrected chi connectivity index (χ4v) is 4.11.